The van der Waals surface area contributed by atoms with Crippen LogP contribution < -0.4 is 5.32 Å². The van der Waals surface area contributed by atoms with Crippen molar-refractivity contribution in [2.75, 3.05) is 0 Å². The van der Waals surface area contributed by atoms with Gasteiger partial charge in [0.1, 0.15) is 11.5 Å². The van der Waals surface area contributed by atoms with Crippen molar-refractivity contribution in [3.05, 3.63) is 59.5 Å². The quantitative estimate of drug-likeness (QED) is 0.880. The summed E-state index contributed by atoms with van der Waals surface area (Å²) in [6, 6.07) is 12.6. The van der Waals surface area contributed by atoms with Gasteiger partial charge in [0.2, 0.25) is 5.91 Å². The van der Waals surface area contributed by atoms with Gasteiger partial charge < -0.3 is 14.8 Å². The van der Waals surface area contributed by atoms with Crippen molar-refractivity contribution in [3.8, 4) is 0 Å². The summed E-state index contributed by atoms with van der Waals surface area (Å²) in [4.78, 5) is 11.9. The number of benzene rings is 1. The molecule has 2 aromatic rings. The molecule has 20 heavy (non-hydrogen) atoms. The lowest BCUT2D eigenvalue weighted by Crippen LogP contribution is -2.27. The highest BCUT2D eigenvalue weighted by molar-refractivity contribution is 5.77. The first-order chi connectivity index (χ1) is 9.56. The van der Waals surface area contributed by atoms with Crippen LogP contribution in [0.1, 0.15) is 42.6 Å². The lowest BCUT2D eigenvalue weighted by atomic mass is 10.1. The molecule has 4 nitrogen and oxygen atoms in total. The maximum absolute atomic E-state index is 11.9. The third-order valence-electron chi connectivity index (χ3n) is 3.13. The smallest absolute Gasteiger partial charge is 0.223 e. The molecule has 1 aromatic heterocycles. The molecule has 0 aliphatic carbocycles. The third kappa shape index (κ3) is 3.71. The minimum atomic E-state index is -0.790. The van der Waals surface area contributed by atoms with Crippen molar-refractivity contribution in [3.63, 3.8) is 0 Å². The summed E-state index contributed by atoms with van der Waals surface area (Å²) in [5.41, 5.74) is 0.740. The second-order valence-corrected chi connectivity index (χ2v) is 4.87. The van der Waals surface area contributed by atoms with Crippen LogP contribution in [0.25, 0.3) is 0 Å². The maximum atomic E-state index is 11.9. The van der Waals surface area contributed by atoms with Crippen molar-refractivity contribution < 1.29 is 14.3 Å². The number of amides is 1. The van der Waals surface area contributed by atoms with Crippen LogP contribution in [0.4, 0.5) is 0 Å². The van der Waals surface area contributed by atoms with Gasteiger partial charge in [-0.2, -0.15) is 0 Å². The zero-order chi connectivity index (χ0) is 14.5. The van der Waals surface area contributed by atoms with Crippen molar-refractivity contribution in [1.29, 1.82) is 0 Å². The summed E-state index contributed by atoms with van der Waals surface area (Å²) < 4.78 is 5.46. The maximum Gasteiger partial charge on any atom is 0.223 e. The van der Waals surface area contributed by atoms with Crippen LogP contribution in [0.2, 0.25) is 0 Å². The van der Waals surface area contributed by atoms with E-state index in [2.05, 4.69) is 5.32 Å². The zero-order valence-electron chi connectivity index (χ0n) is 11.7. The number of aryl methyl sites for hydroxylation is 1. The predicted octanol–water partition coefficient (Wildman–Crippen LogP) is 2.89. The van der Waals surface area contributed by atoms with Gasteiger partial charge >= 0.3 is 0 Å². The number of carbonyl (C=O) groups excluding carboxylic acids is 1. The molecule has 2 N–H and O–H groups in total. The summed E-state index contributed by atoms with van der Waals surface area (Å²) in [6.45, 7) is 3.71. The molecule has 2 rings (SSSR count). The van der Waals surface area contributed by atoms with Crippen molar-refractivity contribution in [2.24, 2.45) is 0 Å². The average Bonchev–Trinajstić information content (AvgIpc) is 2.86. The predicted molar refractivity (Wildman–Crippen MR) is 76.0 cm³/mol. The Morgan fingerprint density at radius 3 is 2.55 bits per heavy atom. The normalized spacial score (nSPS) is 13.8. The molecule has 1 aromatic carbocycles. The number of carbonyl (C=O) groups is 1. The molecule has 1 amide bonds. The van der Waals surface area contributed by atoms with Gasteiger partial charge in [-0.15, -0.1) is 0 Å². The van der Waals surface area contributed by atoms with E-state index in [1.807, 2.05) is 44.2 Å². The molecule has 2 unspecified atom stereocenters. The summed E-state index contributed by atoms with van der Waals surface area (Å²) in [5.74, 6) is 1.32. The zero-order valence-corrected chi connectivity index (χ0v) is 11.7. The van der Waals surface area contributed by atoms with Crippen LogP contribution in [-0.2, 0) is 4.79 Å². The van der Waals surface area contributed by atoms with Crippen LogP contribution >= 0.6 is 0 Å². The molecule has 0 aliphatic rings. The Morgan fingerprint density at radius 1 is 1.25 bits per heavy atom. The Morgan fingerprint density at radius 2 is 1.95 bits per heavy atom. The molecule has 0 saturated heterocycles. The van der Waals surface area contributed by atoms with Crippen LogP contribution in [0.15, 0.2) is 46.9 Å². The Balaban J connectivity index is 1.89. The third-order valence-corrected chi connectivity index (χ3v) is 3.13. The number of hydrogen-bond donors (Lipinski definition) is 2. The summed E-state index contributed by atoms with van der Waals surface area (Å²) in [7, 11) is 0. The Bertz CT molecular complexity index is 562. The molecule has 0 aliphatic heterocycles. The van der Waals surface area contributed by atoms with Gasteiger partial charge in [0.05, 0.1) is 18.6 Å². The molecule has 1 heterocycles. The molecule has 0 radical (unpaired) electrons. The summed E-state index contributed by atoms with van der Waals surface area (Å²) >= 11 is 0. The Kier molecular flexibility index (Phi) is 4.58. The van der Waals surface area contributed by atoms with Crippen LogP contribution in [0.3, 0.4) is 0 Å². The lowest BCUT2D eigenvalue weighted by Gasteiger charge is -2.14. The number of rotatable bonds is 5. The van der Waals surface area contributed by atoms with Crippen LogP contribution in [0, 0.1) is 6.92 Å². The molecule has 0 bridgehead atoms. The van der Waals surface area contributed by atoms with Gasteiger partial charge in [-0.3, -0.25) is 4.79 Å². The van der Waals surface area contributed by atoms with Crippen LogP contribution in [-0.4, -0.2) is 11.0 Å². The molecule has 106 valence electrons. The second kappa shape index (κ2) is 6.39. The highest BCUT2D eigenvalue weighted by Crippen LogP contribution is 2.18. The number of aliphatic hydroxyl groups excluding tert-OH is 1. The average molecular weight is 273 g/mol. The Hall–Kier alpha value is -2.07. The first kappa shape index (κ1) is 14.3. The van der Waals surface area contributed by atoms with E-state index in [1.54, 1.807) is 12.1 Å². The number of hydrogen-bond acceptors (Lipinski definition) is 3. The standard InChI is InChI=1S/C16H19NO3/c1-11-8-9-15(20-11)12(2)17-16(19)10-14(18)13-6-4-3-5-7-13/h3-9,12,14,18H,10H2,1-2H3,(H,17,19). The van der Waals surface area contributed by atoms with E-state index in [0.717, 1.165) is 11.3 Å². The van der Waals surface area contributed by atoms with Crippen molar-refractivity contribution in [1.82, 2.24) is 5.32 Å². The van der Waals surface area contributed by atoms with Gasteiger partial charge in [-0.05, 0) is 31.5 Å². The second-order valence-electron chi connectivity index (χ2n) is 4.87. The topological polar surface area (TPSA) is 62.5 Å². The van der Waals surface area contributed by atoms with E-state index in [-0.39, 0.29) is 18.4 Å². The Labute approximate surface area is 118 Å². The molecular formula is C16H19NO3. The molecule has 0 saturated carbocycles. The number of nitrogens with one attached hydrogen (secondary N) is 1. The summed E-state index contributed by atoms with van der Waals surface area (Å²) in [5, 5.41) is 12.8. The summed E-state index contributed by atoms with van der Waals surface area (Å²) in [6.07, 6.45) is -0.754. The SMILES string of the molecule is Cc1ccc(C(C)NC(=O)CC(O)c2ccccc2)o1. The molecule has 0 spiro atoms. The van der Waals surface area contributed by atoms with Gasteiger partial charge in [-0.25, -0.2) is 0 Å². The van der Waals surface area contributed by atoms with E-state index in [4.69, 9.17) is 4.42 Å². The van der Waals surface area contributed by atoms with Gasteiger partial charge in [0.25, 0.3) is 0 Å². The molecule has 0 fully saturated rings. The molecule has 2 atom stereocenters. The van der Waals surface area contributed by atoms with E-state index >= 15 is 0 Å². The van der Waals surface area contributed by atoms with Gasteiger partial charge in [0.15, 0.2) is 0 Å². The number of aliphatic hydroxyl groups is 1. The lowest BCUT2D eigenvalue weighted by molar-refractivity contribution is -0.123. The van der Waals surface area contributed by atoms with E-state index in [1.165, 1.54) is 0 Å². The van der Waals surface area contributed by atoms with Crippen molar-refractivity contribution >= 4 is 5.91 Å². The van der Waals surface area contributed by atoms with Crippen molar-refractivity contribution in [2.45, 2.75) is 32.4 Å². The minimum absolute atomic E-state index is 0.0358. The molecular weight excluding hydrogens is 254 g/mol. The highest BCUT2D eigenvalue weighted by atomic mass is 16.3. The molecule has 4 heteroatoms. The largest absolute Gasteiger partial charge is 0.464 e. The minimum Gasteiger partial charge on any atom is -0.464 e. The monoisotopic (exact) mass is 273 g/mol. The highest BCUT2D eigenvalue weighted by Gasteiger charge is 2.16. The number of furan rings is 1. The fourth-order valence-corrected chi connectivity index (χ4v) is 2.03. The van der Waals surface area contributed by atoms with Crippen LogP contribution in [0.5, 0.6) is 0 Å². The first-order valence-electron chi connectivity index (χ1n) is 6.65. The van der Waals surface area contributed by atoms with Gasteiger partial charge in [-0.1, -0.05) is 30.3 Å². The van der Waals surface area contributed by atoms with E-state index in [9.17, 15) is 9.90 Å². The van der Waals surface area contributed by atoms with E-state index in [0.29, 0.717) is 5.76 Å². The first-order valence-corrected chi connectivity index (χ1v) is 6.65. The fourth-order valence-electron chi connectivity index (χ4n) is 2.03. The van der Waals surface area contributed by atoms with E-state index < -0.39 is 6.10 Å². The fraction of sp³-hybridized carbons (Fsp3) is 0.312. The van der Waals surface area contributed by atoms with Gasteiger partial charge in [0, 0.05) is 0 Å².